The van der Waals surface area contributed by atoms with Crippen molar-refractivity contribution in [1.82, 2.24) is 0 Å². The molecular weight excluding hydrogens is 390 g/mol. The Labute approximate surface area is 171 Å². The Balaban J connectivity index is 1.30. The molecule has 3 aromatic carbocycles. The van der Waals surface area contributed by atoms with Crippen LogP contribution in [0, 0.1) is 0 Å². The minimum absolute atomic E-state index is 0.0488. The van der Waals surface area contributed by atoms with Crippen molar-refractivity contribution in [3.8, 4) is 5.75 Å². The van der Waals surface area contributed by atoms with Gasteiger partial charge >= 0.3 is 5.97 Å². The molecule has 0 spiro atoms. The average Bonchev–Trinajstić information content (AvgIpc) is 2.75. The molecule has 1 aliphatic heterocycles. The summed E-state index contributed by atoms with van der Waals surface area (Å²) in [6, 6.07) is 18.7. The van der Waals surface area contributed by atoms with Gasteiger partial charge in [0.1, 0.15) is 5.75 Å². The summed E-state index contributed by atoms with van der Waals surface area (Å²) in [4.78, 5) is 36.7. The van der Waals surface area contributed by atoms with Gasteiger partial charge in [-0.2, -0.15) is 0 Å². The van der Waals surface area contributed by atoms with E-state index in [1.807, 2.05) is 42.5 Å². The van der Waals surface area contributed by atoms with Crippen molar-refractivity contribution >= 4 is 45.9 Å². The summed E-state index contributed by atoms with van der Waals surface area (Å²) in [7, 11) is 0. The maximum Gasteiger partial charge on any atom is 0.316 e. The molecule has 0 aromatic heterocycles. The average molecular weight is 407 g/mol. The number of ketones is 1. The summed E-state index contributed by atoms with van der Waals surface area (Å²) in [5.74, 6) is -0.480. The molecular formula is C22H17NO5S. The van der Waals surface area contributed by atoms with Gasteiger partial charge in [-0.3, -0.25) is 14.4 Å². The Morgan fingerprint density at radius 3 is 2.72 bits per heavy atom. The minimum Gasteiger partial charge on any atom is -0.482 e. The molecule has 0 unspecified atom stereocenters. The third kappa shape index (κ3) is 4.57. The second-order valence-corrected chi connectivity index (χ2v) is 7.48. The number of carbonyl (C=O) groups is 3. The number of fused-ring (bicyclic) bond motifs is 2. The van der Waals surface area contributed by atoms with E-state index in [1.165, 1.54) is 17.8 Å². The number of Topliss-reactive ketones (excluding diaryl/α,β-unsaturated/α-hetero) is 1. The number of esters is 1. The van der Waals surface area contributed by atoms with Gasteiger partial charge in [-0.15, -0.1) is 11.8 Å². The zero-order chi connectivity index (χ0) is 20.2. The molecule has 1 aliphatic rings. The van der Waals surface area contributed by atoms with Gasteiger partial charge in [0, 0.05) is 10.5 Å². The lowest BCUT2D eigenvalue weighted by Crippen LogP contribution is -2.25. The highest BCUT2D eigenvalue weighted by molar-refractivity contribution is 8.00. The lowest BCUT2D eigenvalue weighted by molar-refractivity contribution is -0.139. The van der Waals surface area contributed by atoms with E-state index in [-0.39, 0.29) is 30.7 Å². The molecule has 7 heteroatoms. The van der Waals surface area contributed by atoms with E-state index in [2.05, 4.69) is 5.32 Å². The largest absolute Gasteiger partial charge is 0.482 e. The van der Waals surface area contributed by atoms with Crippen molar-refractivity contribution in [3.05, 3.63) is 66.2 Å². The van der Waals surface area contributed by atoms with E-state index < -0.39 is 5.97 Å². The monoisotopic (exact) mass is 407 g/mol. The van der Waals surface area contributed by atoms with Crippen LogP contribution < -0.4 is 10.1 Å². The fourth-order valence-electron chi connectivity index (χ4n) is 2.93. The molecule has 146 valence electrons. The highest BCUT2D eigenvalue weighted by Gasteiger charge is 2.18. The Kier molecular flexibility index (Phi) is 5.48. The Morgan fingerprint density at radius 1 is 1.03 bits per heavy atom. The summed E-state index contributed by atoms with van der Waals surface area (Å²) in [6.07, 6.45) is 0. The number of carbonyl (C=O) groups excluding carboxylic acids is 3. The maximum absolute atomic E-state index is 12.3. The molecule has 4 rings (SSSR count). The summed E-state index contributed by atoms with van der Waals surface area (Å²) in [5, 5.41) is 4.88. The first-order valence-corrected chi connectivity index (χ1v) is 9.94. The van der Waals surface area contributed by atoms with Gasteiger partial charge in [0.05, 0.1) is 11.4 Å². The molecule has 0 saturated carbocycles. The maximum atomic E-state index is 12.3. The number of ether oxygens (including phenoxy) is 2. The first kappa shape index (κ1) is 19.0. The molecule has 1 heterocycles. The van der Waals surface area contributed by atoms with Gasteiger partial charge in [-0.1, -0.05) is 30.3 Å². The molecule has 3 aromatic rings. The highest BCUT2D eigenvalue weighted by Crippen LogP contribution is 2.28. The van der Waals surface area contributed by atoms with Gasteiger partial charge in [-0.25, -0.2) is 0 Å². The molecule has 6 nitrogen and oxygen atoms in total. The van der Waals surface area contributed by atoms with Gasteiger partial charge < -0.3 is 14.8 Å². The first-order valence-electron chi connectivity index (χ1n) is 8.95. The molecule has 0 radical (unpaired) electrons. The van der Waals surface area contributed by atoms with Crippen LogP contribution in [0.1, 0.15) is 10.4 Å². The van der Waals surface area contributed by atoms with Crippen molar-refractivity contribution in [1.29, 1.82) is 0 Å². The molecule has 0 bridgehead atoms. The van der Waals surface area contributed by atoms with Gasteiger partial charge in [0.2, 0.25) is 0 Å². The molecule has 1 amide bonds. The van der Waals surface area contributed by atoms with Crippen LogP contribution in [-0.4, -0.2) is 36.6 Å². The van der Waals surface area contributed by atoms with Crippen LogP contribution in [0.2, 0.25) is 0 Å². The van der Waals surface area contributed by atoms with Crippen LogP contribution >= 0.6 is 11.8 Å². The Morgan fingerprint density at radius 2 is 1.86 bits per heavy atom. The van der Waals surface area contributed by atoms with Crippen LogP contribution in [0.5, 0.6) is 5.75 Å². The third-order valence-electron chi connectivity index (χ3n) is 4.38. The quantitative estimate of drug-likeness (QED) is 0.381. The van der Waals surface area contributed by atoms with E-state index in [1.54, 1.807) is 12.1 Å². The molecule has 0 saturated heterocycles. The molecule has 0 fully saturated rings. The van der Waals surface area contributed by atoms with E-state index in [4.69, 9.17) is 9.47 Å². The number of hydrogen-bond acceptors (Lipinski definition) is 6. The minimum atomic E-state index is -0.467. The Hall–Kier alpha value is -3.32. The number of amides is 1. The molecule has 0 aliphatic carbocycles. The lowest BCUT2D eigenvalue weighted by Gasteiger charge is -2.18. The van der Waals surface area contributed by atoms with Crippen LogP contribution in [-0.2, 0) is 14.3 Å². The van der Waals surface area contributed by atoms with E-state index in [0.717, 1.165) is 15.7 Å². The lowest BCUT2D eigenvalue weighted by atomic mass is 10.1. The molecule has 1 N–H and O–H groups in total. The van der Waals surface area contributed by atoms with Crippen molar-refractivity contribution in [2.45, 2.75) is 4.90 Å². The summed E-state index contributed by atoms with van der Waals surface area (Å²) in [5.41, 5.74) is 0.773. The van der Waals surface area contributed by atoms with Gasteiger partial charge in [0.25, 0.3) is 5.91 Å². The van der Waals surface area contributed by atoms with E-state index in [9.17, 15) is 14.4 Å². The number of benzene rings is 3. The predicted octanol–water partition coefficient (Wildman–Crippen LogP) is 3.69. The zero-order valence-electron chi connectivity index (χ0n) is 15.3. The SMILES string of the molecule is O=C1COc2ccc(C(=O)COC(=O)CSc3ccc4ccccc4c3)cc2N1. The van der Waals surface area contributed by atoms with Gasteiger partial charge in [0.15, 0.2) is 19.0 Å². The first-order chi connectivity index (χ1) is 14.1. The zero-order valence-corrected chi connectivity index (χ0v) is 16.2. The number of rotatable bonds is 6. The highest BCUT2D eigenvalue weighted by atomic mass is 32.2. The second kappa shape index (κ2) is 8.36. The smallest absolute Gasteiger partial charge is 0.316 e. The fourth-order valence-corrected chi connectivity index (χ4v) is 3.67. The van der Waals surface area contributed by atoms with Crippen LogP contribution in [0.3, 0.4) is 0 Å². The summed E-state index contributed by atoms with van der Waals surface area (Å²) >= 11 is 1.36. The fraction of sp³-hybridized carbons (Fsp3) is 0.136. The number of thioether (sulfide) groups is 1. The van der Waals surface area contributed by atoms with Crippen LogP contribution in [0.25, 0.3) is 10.8 Å². The standard InChI is InChI=1S/C22H17NO5S/c24-19(16-6-8-20-18(10-16)23-21(25)12-27-20)11-28-22(26)13-29-17-7-5-14-3-1-2-4-15(14)9-17/h1-10H,11-13H2,(H,23,25). The van der Waals surface area contributed by atoms with Gasteiger partial charge in [-0.05, 0) is 41.1 Å². The molecule has 29 heavy (non-hydrogen) atoms. The number of hydrogen-bond donors (Lipinski definition) is 1. The van der Waals surface area contributed by atoms with E-state index in [0.29, 0.717) is 17.0 Å². The predicted molar refractivity (Wildman–Crippen MR) is 111 cm³/mol. The van der Waals surface area contributed by atoms with Crippen LogP contribution in [0.15, 0.2) is 65.6 Å². The third-order valence-corrected chi connectivity index (χ3v) is 5.34. The van der Waals surface area contributed by atoms with Crippen molar-refractivity contribution < 1.29 is 23.9 Å². The Bertz CT molecular complexity index is 1110. The summed E-state index contributed by atoms with van der Waals surface area (Å²) < 4.78 is 10.4. The number of anilines is 1. The topological polar surface area (TPSA) is 81.7 Å². The summed E-state index contributed by atoms with van der Waals surface area (Å²) in [6.45, 7) is -0.405. The van der Waals surface area contributed by atoms with Crippen molar-refractivity contribution in [3.63, 3.8) is 0 Å². The normalized spacial score (nSPS) is 12.6. The van der Waals surface area contributed by atoms with E-state index >= 15 is 0 Å². The second-order valence-electron chi connectivity index (χ2n) is 6.43. The van der Waals surface area contributed by atoms with Crippen molar-refractivity contribution in [2.75, 3.05) is 24.3 Å². The number of nitrogens with one attached hydrogen (secondary N) is 1. The molecule has 0 atom stereocenters. The van der Waals surface area contributed by atoms with Crippen molar-refractivity contribution in [2.24, 2.45) is 0 Å². The van der Waals surface area contributed by atoms with Crippen LogP contribution in [0.4, 0.5) is 5.69 Å².